The van der Waals surface area contributed by atoms with Crippen LogP contribution in [0.5, 0.6) is 0 Å². The molecule has 0 spiro atoms. The van der Waals surface area contributed by atoms with E-state index in [1.807, 2.05) is 0 Å². The van der Waals surface area contributed by atoms with Gasteiger partial charge in [-0.1, -0.05) is 11.6 Å². The summed E-state index contributed by atoms with van der Waals surface area (Å²) < 4.78 is 0. The molecule has 0 aliphatic rings. The summed E-state index contributed by atoms with van der Waals surface area (Å²) in [6.07, 6.45) is -0.902. The van der Waals surface area contributed by atoms with Gasteiger partial charge < -0.3 is 15.5 Å². The second kappa shape index (κ2) is 5.81. The summed E-state index contributed by atoms with van der Waals surface area (Å²) >= 11 is 5.89. The molecule has 0 fully saturated rings. The molecule has 7 heteroatoms. The number of aryl methyl sites for hydroxylation is 1. The molecule has 1 aromatic carbocycles. The van der Waals surface area contributed by atoms with Gasteiger partial charge in [0.1, 0.15) is 0 Å². The van der Waals surface area contributed by atoms with Crippen LogP contribution < -0.4 is 5.32 Å². The summed E-state index contributed by atoms with van der Waals surface area (Å²) in [6.45, 7) is 1.43. The smallest absolute Gasteiger partial charge is 0.271 e. The van der Waals surface area contributed by atoms with Crippen LogP contribution in [-0.2, 0) is 0 Å². The van der Waals surface area contributed by atoms with Gasteiger partial charge in [-0.15, -0.1) is 0 Å². The van der Waals surface area contributed by atoms with Crippen LogP contribution in [0.2, 0.25) is 5.02 Å². The van der Waals surface area contributed by atoms with E-state index in [1.54, 1.807) is 6.92 Å². The third-order valence-electron chi connectivity index (χ3n) is 2.21. The Balaban J connectivity index is 2.90. The first-order valence-corrected chi connectivity index (χ1v) is 5.30. The first-order chi connectivity index (χ1) is 7.95. The summed E-state index contributed by atoms with van der Waals surface area (Å²) in [5.74, 6) is 0. The molecule has 0 saturated carbocycles. The highest BCUT2D eigenvalue weighted by molar-refractivity contribution is 6.33. The number of anilines is 1. The molecule has 1 atom stereocenters. The number of nitro groups is 1. The van der Waals surface area contributed by atoms with Crippen LogP contribution >= 0.6 is 11.6 Å². The molecule has 1 unspecified atom stereocenters. The molecule has 0 bridgehead atoms. The molecular formula is C10H13ClN2O4. The average molecular weight is 261 g/mol. The zero-order valence-corrected chi connectivity index (χ0v) is 9.94. The number of non-ortho nitro benzene ring substituents is 1. The van der Waals surface area contributed by atoms with Gasteiger partial charge in [0.05, 0.1) is 28.3 Å². The lowest BCUT2D eigenvalue weighted by atomic mass is 10.1. The minimum absolute atomic E-state index is 0.0826. The van der Waals surface area contributed by atoms with Gasteiger partial charge in [-0.05, 0) is 12.5 Å². The quantitative estimate of drug-likeness (QED) is 0.548. The minimum Gasteiger partial charge on any atom is -0.394 e. The number of hydrogen-bond acceptors (Lipinski definition) is 5. The molecule has 6 nitrogen and oxygen atoms in total. The minimum atomic E-state index is -0.902. The predicted octanol–water partition coefficient (Wildman–Crippen LogP) is 1.32. The number of aliphatic hydroxyl groups excluding tert-OH is 2. The number of rotatable bonds is 5. The lowest BCUT2D eigenvalue weighted by molar-refractivity contribution is -0.384. The molecular weight excluding hydrogens is 248 g/mol. The highest BCUT2D eigenvalue weighted by Gasteiger charge is 2.13. The first-order valence-electron chi connectivity index (χ1n) is 4.93. The van der Waals surface area contributed by atoms with E-state index in [-0.39, 0.29) is 23.9 Å². The number of halogens is 1. The molecule has 0 saturated heterocycles. The van der Waals surface area contributed by atoms with Crippen molar-refractivity contribution in [3.8, 4) is 0 Å². The summed E-state index contributed by atoms with van der Waals surface area (Å²) in [7, 11) is 0. The maximum atomic E-state index is 10.6. The highest BCUT2D eigenvalue weighted by atomic mass is 35.5. The number of benzene rings is 1. The predicted molar refractivity (Wildman–Crippen MR) is 64.4 cm³/mol. The van der Waals surface area contributed by atoms with Gasteiger partial charge in [0, 0.05) is 18.7 Å². The largest absolute Gasteiger partial charge is 0.394 e. The fourth-order valence-corrected chi connectivity index (χ4v) is 1.67. The van der Waals surface area contributed by atoms with E-state index >= 15 is 0 Å². The molecule has 3 N–H and O–H groups in total. The van der Waals surface area contributed by atoms with Crippen molar-refractivity contribution in [3.05, 3.63) is 32.8 Å². The Kier molecular flexibility index (Phi) is 4.68. The molecule has 0 aliphatic carbocycles. The van der Waals surface area contributed by atoms with E-state index < -0.39 is 11.0 Å². The van der Waals surface area contributed by atoms with Gasteiger partial charge in [0.15, 0.2) is 0 Å². The summed E-state index contributed by atoms with van der Waals surface area (Å²) in [6, 6.07) is 2.63. The van der Waals surface area contributed by atoms with Crippen LogP contribution in [0, 0.1) is 17.0 Å². The van der Waals surface area contributed by atoms with Gasteiger partial charge in [-0.25, -0.2) is 0 Å². The summed E-state index contributed by atoms with van der Waals surface area (Å²) in [4.78, 5) is 10.1. The van der Waals surface area contributed by atoms with Crippen LogP contribution in [0.3, 0.4) is 0 Å². The van der Waals surface area contributed by atoms with E-state index in [4.69, 9.17) is 16.7 Å². The van der Waals surface area contributed by atoms with E-state index in [1.165, 1.54) is 12.1 Å². The van der Waals surface area contributed by atoms with Gasteiger partial charge in [0.2, 0.25) is 0 Å². The fourth-order valence-electron chi connectivity index (χ4n) is 1.34. The topological polar surface area (TPSA) is 95.6 Å². The van der Waals surface area contributed by atoms with Crippen LogP contribution in [0.15, 0.2) is 12.1 Å². The van der Waals surface area contributed by atoms with Crippen molar-refractivity contribution >= 4 is 23.0 Å². The van der Waals surface area contributed by atoms with Gasteiger partial charge in [0.25, 0.3) is 5.69 Å². The number of aliphatic hydroxyl groups is 2. The lowest BCUT2D eigenvalue weighted by Gasteiger charge is -2.13. The number of nitrogens with zero attached hydrogens (tertiary/aromatic N) is 1. The van der Waals surface area contributed by atoms with Crippen molar-refractivity contribution in [2.45, 2.75) is 13.0 Å². The molecule has 0 amide bonds. The molecule has 0 aromatic heterocycles. The zero-order chi connectivity index (χ0) is 13.0. The number of nitrogens with one attached hydrogen (secondary N) is 1. The highest BCUT2D eigenvalue weighted by Crippen LogP contribution is 2.30. The Labute approximate surface area is 103 Å². The van der Waals surface area contributed by atoms with Crippen LogP contribution in [0.1, 0.15) is 5.56 Å². The Bertz CT molecular complexity index is 402. The van der Waals surface area contributed by atoms with Crippen molar-refractivity contribution in [3.63, 3.8) is 0 Å². The maximum absolute atomic E-state index is 10.6. The van der Waals surface area contributed by atoms with Crippen LogP contribution in [-0.4, -0.2) is 34.4 Å². The van der Waals surface area contributed by atoms with Crippen molar-refractivity contribution in [2.75, 3.05) is 18.5 Å². The molecule has 0 heterocycles. The van der Waals surface area contributed by atoms with Gasteiger partial charge in [-0.2, -0.15) is 0 Å². The first kappa shape index (κ1) is 13.7. The van der Waals surface area contributed by atoms with E-state index in [0.29, 0.717) is 11.3 Å². The van der Waals surface area contributed by atoms with E-state index in [2.05, 4.69) is 5.32 Å². The van der Waals surface area contributed by atoms with Gasteiger partial charge >= 0.3 is 0 Å². The summed E-state index contributed by atoms with van der Waals surface area (Å²) in [5, 5.41) is 31.5. The standard InChI is InChI=1S/C10H13ClN2O4/c1-6-2-7(13(16)17)3-9(11)10(6)12-4-8(15)5-14/h2-3,8,12,14-15H,4-5H2,1H3. The van der Waals surface area contributed by atoms with E-state index in [0.717, 1.165) is 0 Å². The molecule has 0 aliphatic heterocycles. The Morgan fingerprint density at radius 2 is 2.24 bits per heavy atom. The number of nitro benzene ring substituents is 1. The molecule has 1 rings (SSSR count). The molecule has 1 aromatic rings. The van der Waals surface area contributed by atoms with Gasteiger partial charge in [-0.3, -0.25) is 10.1 Å². The zero-order valence-electron chi connectivity index (χ0n) is 9.18. The lowest BCUT2D eigenvalue weighted by Crippen LogP contribution is -2.23. The molecule has 94 valence electrons. The van der Waals surface area contributed by atoms with E-state index in [9.17, 15) is 15.2 Å². The van der Waals surface area contributed by atoms with Crippen LogP contribution in [0.25, 0.3) is 0 Å². The Morgan fingerprint density at radius 3 is 2.71 bits per heavy atom. The normalized spacial score (nSPS) is 12.2. The van der Waals surface area contributed by atoms with Crippen molar-refractivity contribution < 1.29 is 15.1 Å². The van der Waals surface area contributed by atoms with Crippen LogP contribution in [0.4, 0.5) is 11.4 Å². The SMILES string of the molecule is Cc1cc([N+](=O)[O-])cc(Cl)c1NCC(O)CO. The molecule has 0 radical (unpaired) electrons. The average Bonchev–Trinajstić information content (AvgIpc) is 2.27. The van der Waals surface area contributed by atoms with Crippen molar-refractivity contribution in [1.82, 2.24) is 0 Å². The fraction of sp³-hybridized carbons (Fsp3) is 0.400. The summed E-state index contributed by atoms with van der Waals surface area (Å²) in [5.41, 5.74) is 1.04. The van der Waals surface area contributed by atoms with Crippen molar-refractivity contribution in [2.24, 2.45) is 0 Å². The Hall–Kier alpha value is -1.37. The Morgan fingerprint density at radius 1 is 1.59 bits per heavy atom. The monoisotopic (exact) mass is 260 g/mol. The number of hydrogen-bond donors (Lipinski definition) is 3. The maximum Gasteiger partial charge on any atom is 0.271 e. The molecule has 17 heavy (non-hydrogen) atoms. The second-order valence-corrected chi connectivity index (χ2v) is 4.00. The second-order valence-electron chi connectivity index (χ2n) is 3.59. The van der Waals surface area contributed by atoms with Crippen molar-refractivity contribution in [1.29, 1.82) is 0 Å². The third kappa shape index (κ3) is 3.55. The third-order valence-corrected chi connectivity index (χ3v) is 2.51.